The molecule has 0 bridgehead atoms. The summed E-state index contributed by atoms with van der Waals surface area (Å²) in [5.74, 6) is 0.266. The van der Waals surface area contributed by atoms with Gasteiger partial charge in [-0.2, -0.15) is 0 Å². The van der Waals surface area contributed by atoms with Crippen LogP contribution in [0.1, 0.15) is 25.3 Å². The standard InChI is InChI=1S/C16H25ClN2O4S/c1-4-23-14-9-12(2)13(17)10-15(14)24(21,22)18-11-16(20)5-7-19(3)8-6-16/h9-10,18,20H,4-8,11H2,1-3H3. The highest BCUT2D eigenvalue weighted by atomic mass is 35.5. The summed E-state index contributed by atoms with van der Waals surface area (Å²) in [7, 11) is -1.86. The van der Waals surface area contributed by atoms with Gasteiger partial charge in [0, 0.05) is 24.7 Å². The van der Waals surface area contributed by atoms with Crippen molar-refractivity contribution in [3.8, 4) is 5.75 Å². The number of rotatable bonds is 6. The van der Waals surface area contributed by atoms with Crippen LogP contribution in [0.3, 0.4) is 0 Å². The van der Waals surface area contributed by atoms with Crippen molar-refractivity contribution in [1.82, 2.24) is 9.62 Å². The lowest BCUT2D eigenvalue weighted by Crippen LogP contribution is -2.49. The summed E-state index contributed by atoms with van der Waals surface area (Å²) < 4.78 is 33.3. The molecule has 0 aliphatic carbocycles. The maximum absolute atomic E-state index is 12.7. The molecule has 0 saturated carbocycles. The van der Waals surface area contributed by atoms with Crippen LogP contribution in [0.15, 0.2) is 17.0 Å². The average Bonchev–Trinajstić information content (AvgIpc) is 2.52. The van der Waals surface area contributed by atoms with Gasteiger partial charge >= 0.3 is 0 Å². The molecule has 2 rings (SSSR count). The monoisotopic (exact) mass is 376 g/mol. The molecule has 1 aliphatic rings. The second-order valence-electron chi connectivity index (χ2n) is 6.33. The minimum Gasteiger partial charge on any atom is -0.492 e. The van der Waals surface area contributed by atoms with Crippen LogP contribution in [-0.2, 0) is 10.0 Å². The van der Waals surface area contributed by atoms with E-state index in [1.54, 1.807) is 19.9 Å². The number of likely N-dealkylation sites (tertiary alicyclic amines) is 1. The van der Waals surface area contributed by atoms with Crippen molar-refractivity contribution < 1.29 is 18.3 Å². The Morgan fingerprint density at radius 3 is 2.58 bits per heavy atom. The summed E-state index contributed by atoms with van der Waals surface area (Å²) in [5, 5.41) is 10.9. The van der Waals surface area contributed by atoms with Gasteiger partial charge in [-0.3, -0.25) is 0 Å². The third kappa shape index (κ3) is 4.61. The fourth-order valence-corrected chi connectivity index (χ4v) is 4.13. The van der Waals surface area contributed by atoms with Crippen LogP contribution in [0.4, 0.5) is 0 Å². The number of nitrogens with zero attached hydrogens (tertiary/aromatic N) is 1. The molecule has 2 N–H and O–H groups in total. The smallest absolute Gasteiger partial charge is 0.244 e. The van der Waals surface area contributed by atoms with E-state index in [0.717, 1.165) is 18.7 Å². The molecular formula is C16H25ClN2O4S. The van der Waals surface area contributed by atoms with Gasteiger partial charge in [0.15, 0.2) is 0 Å². The van der Waals surface area contributed by atoms with E-state index in [0.29, 0.717) is 24.5 Å². The number of sulfonamides is 1. The molecule has 0 radical (unpaired) electrons. The first-order valence-electron chi connectivity index (χ1n) is 8.00. The predicted octanol–water partition coefficient (Wildman–Crippen LogP) is 1.78. The van der Waals surface area contributed by atoms with E-state index < -0.39 is 15.6 Å². The van der Waals surface area contributed by atoms with E-state index in [9.17, 15) is 13.5 Å². The molecule has 1 aliphatic heterocycles. The van der Waals surface area contributed by atoms with E-state index in [-0.39, 0.29) is 17.2 Å². The van der Waals surface area contributed by atoms with Crippen molar-refractivity contribution >= 4 is 21.6 Å². The number of piperidine rings is 1. The van der Waals surface area contributed by atoms with Gasteiger partial charge in [-0.15, -0.1) is 0 Å². The largest absolute Gasteiger partial charge is 0.492 e. The zero-order chi connectivity index (χ0) is 18.0. The molecule has 6 nitrogen and oxygen atoms in total. The maximum Gasteiger partial charge on any atom is 0.244 e. The molecule has 0 amide bonds. The molecule has 0 spiro atoms. The number of halogens is 1. The molecule has 1 saturated heterocycles. The molecule has 1 aromatic carbocycles. The molecule has 136 valence electrons. The Morgan fingerprint density at radius 1 is 1.38 bits per heavy atom. The summed E-state index contributed by atoms with van der Waals surface area (Å²) in [6, 6.07) is 3.01. The third-order valence-corrected chi connectivity index (χ3v) is 6.15. The van der Waals surface area contributed by atoms with Gasteiger partial charge in [-0.05, 0) is 51.4 Å². The Hall–Kier alpha value is -0.860. The summed E-state index contributed by atoms with van der Waals surface area (Å²) in [4.78, 5) is 2.10. The minimum absolute atomic E-state index is 0.00326. The van der Waals surface area contributed by atoms with Crippen LogP contribution < -0.4 is 9.46 Å². The fourth-order valence-electron chi connectivity index (χ4n) is 2.63. The highest BCUT2D eigenvalue weighted by Crippen LogP contribution is 2.31. The van der Waals surface area contributed by atoms with Crippen LogP contribution in [0, 0.1) is 6.92 Å². The molecule has 1 heterocycles. The summed E-state index contributed by atoms with van der Waals surface area (Å²) in [5.41, 5.74) is -0.284. The summed E-state index contributed by atoms with van der Waals surface area (Å²) in [6.45, 7) is 5.36. The van der Waals surface area contributed by atoms with Gasteiger partial charge in [0.2, 0.25) is 10.0 Å². The number of hydrogen-bond acceptors (Lipinski definition) is 5. The minimum atomic E-state index is -3.84. The van der Waals surface area contributed by atoms with Crippen molar-refractivity contribution in [2.45, 2.75) is 37.2 Å². The Bertz CT molecular complexity index is 686. The number of aliphatic hydroxyl groups is 1. The molecule has 0 unspecified atom stereocenters. The SMILES string of the molecule is CCOc1cc(C)c(Cl)cc1S(=O)(=O)NCC1(O)CCN(C)CC1. The van der Waals surface area contributed by atoms with E-state index >= 15 is 0 Å². The molecular weight excluding hydrogens is 352 g/mol. The second kappa shape index (κ2) is 7.58. The number of ether oxygens (including phenoxy) is 1. The lowest BCUT2D eigenvalue weighted by atomic mass is 9.92. The number of nitrogens with one attached hydrogen (secondary N) is 1. The van der Waals surface area contributed by atoms with Gasteiger partial charge < -0.3 is 14.7 Å². The van der Waals surface area contributed by atoms with Crippen molar-refractivity contribution in [3.05, 3.63) is 22.7 Å². The molecule has 0 atom stereocenters. The van der Waals surface area contributed by atoms with Crippen LogP contribution >= 0.6 is 11.6 Å². The summed E-state index contributed by atoms with van der Waals surface area (Å²) in [6.07, 6.45) is 1.05. The van der Waals surface area contributed by atoms with E-state index in [4.69, 9.17) is 16.3 Å². The normalized spacial score (nSPS) is 18.5. The van der Waals surface area contributed by atoms with E-state index in [2.05, 4.69) is 9.62 Å². The van der Waals surface area contributed by atoms with Gasteiger partial charge in [0.05, 0.1) is 12.2 Å². The highest BCUT2D eigenvalue weighted by Gasteiger charge is 2.33. The lowest BCUT2D eigenvalue weighted by Gasteiger charge is -2.36. The van der Waals surface area contributed by atoms with E-state index in [1.165, 1.54) is 6.07 Å². The Kier molecular flexibility index (Phi) is 6.14. The lowest BCUT2D eigenvalue weighted by molar-refractivity contribution is -0.0104. The Morgan fingerprint density at radius 2 is 2.00 bits per heavy atom. The first-order chi connectivity index (χ1) is 11.2. The van der Waals surface area contributed by atoms with Gasteiger partial charge in [-0.25, -0.2) is 13.1 Å². The molecule has 0 aromatic heterocycles. The highest BCUT2D eigenvalue weighted by molar-refractivity contribution is 7.89. The second-order valence-corrected chi connectivity index (χ2v) is 8.48. The van der Waals surface area contributed by atoms with Gasteiger partial charge in [-0.1, -0.05) is 11.6 Å². The van der Waals surface area contributed by atoms with Crippen molar-refractivity contribution in [1.29, 1.82) is 0 Å². The number of benzene rings is 1. The molecule has 1 aromatic rings. The third-order valence-electron chi connectivity index (χ3n) is 4.32. The topological polar surface area (TPSA) is 78.9 Å². The first-order valence-corrected chi connectivity index (χ1v) is 9.86. The predicted molar refractivity (Wildman–Crippen MR) is 94.2 cm³/mol. The zero-order valence-corrected chi connectivity index (χ0v) is 15.9. The molecule has 24 heavy (non-hydrogen) atoms. The van der Waals surface area contributed by atoms with Crippen LogP contribution in [-0.4, -0.2) is 57.3 Å². The van der Waals surface area contributed by atoms with Crippen LogP contribution in [0.5, 0.6) is 5.75 Å². The van der Waals surface area contributed by atoms with Crippen molar-refractivity contribution in [2.24, 2.45) is 0 Å². The molecule has 8 heteroatoms. The van der Waals surface area contributed by atoms with Crippen LogP contribution in [0.25, 0.3) is 0 Å². The fraction of sp³-hybridized carbons (Fsp3) is 0.625. The first kappa shape index (κ1) is 19.5. The summed E-state index contributed by atoms with van der Waals surface area (Å²) >= 11 is 6.08. The number of aryl methyl sites for hydroxylation is 1. The number of hydrogen-bond donors (Lipinski definition) is 2. The Balaban J connectivity index is 2.19. The van der Waals surface area contributed by atoms with Crippen molar-refractivity contribution in [2.75, 3.05) is 33.3 Å². The van der Waals surface area contributed by atoms with Crippen LogP contribution in [0.2, 0.25) is 5.02 Å². The zero-order valence-electron chi connectivity index (χ0n) is 14.3. The maximum atomic E-state index is 12.7. The van der Waals surface area contributed by atoms with Crippen molar-refractivity contribution in [3.63, 3.8) is 0 Å². The van der Waals surface area contributed by atoms with E-state index in [1.807, 2.05) is 7.05 Å². The van der Waals surface area contributed by atoms with Gasteiger partial charge in [0.25, 0.3) is 0 Å². The molecule has 1 fully saturated rings. The quantitative estimate of drug-likeness (QED) is 0.791. The van der Waals surface area contributed by atoms with Gasteiger partial charge in [0.1, 0.15) is 10.6 Å². The Labute approximate surface area is 148 Å². The average molecular weight is 377 g/mol.